The van der Waals surface area contributed by atoms with Crippen molar-refractivity contribution in [2.45, 2.75) is 25.8 Å². The maximum Gasteiger partial charge on any atom is 0.350 e. The quantitative estimate of drug-likeness (QED) is 0.820. The second-order valence-corrected chi connectivity index (χ2v) is 5.21. The molecule has 1 unspecified atom stereocenters. The average molecular weight is 268 g/mol. The molecular formula is C12H16N2O3S. The van der Waals surface area contributed by atoms with E-state index in [1.165, 1.54) is 18.4 Å². The summed E-state index contributed by atoms with van der Waals surface area (Å²) in [7, 11) is 1.34. The van der Waals surface area contributed by atoms with E-state index >= 15 is 0 Å². The zero-order valence-electron chi connectivity index (χ0n) is 10.4. The highest BCUT2D eigenvalue weighted by atomic mass is 32.1. The van der Waals surface area contributed by atoms with Gasteiger partial charge in [0.1, 0.15) is 4.88 Å². The molecule has 2 N–H and O–H groups in total. The first-order valence-electron chi connectivity index (χ1n) is 5.79. The molecule has 2 heterocycles. The number of nitrogens with zero attached hydrogens (tertiary/aromatic N) is 1. The number of hydrogen-bond acceptors (Lipinski definition) is 5. The van der Waals surface area contributed by atoms with Crippen molar-refractivity contribution < 1.29 is 14.3 Å². The van der Waals surface area contributed by atoms with E-state index in [0.29, 0.717) is 23.5 Å². The summed E-state index contributed by atoms with van der Waals surface area (Å²) < 4.78 is 4.75. The van der Waals surface area contributed by atoms with Gasteiger partial charge < -0.3 is 15.4 Å². The van der Waals surface area contributed by atoms with Gasteiger partial charge in [-0.1, -0.05) is 0 Å². The van der Waals surface area contributed by atoms with Crippen LogP contribution in [0.2, 0.25) is 0 Å². The van der Waals surface area contributed by atoms with Crippen molar-refractivity contribution in [1.82, 2.24) is 0 Å². The van der Waals surface area contributed by atoms with E-state index in [4.69, 9.17) is 10.5 Å². The lowest BCUT2D eigenvalue weighted by Crippen LogP contribution is -2.49. The number of amides is 1. The summed E-state index contributed by atoms with van der Waals surface area (Å²) in [6.07, 6.45) is 1.55. The summed E-state index contributed by atoms with van der Waals surface area (Å²) in [6, 6.07) is -0.469. The van der Waals surface area contributed by atoms with Crippen LogP contribution >= 0.6 is 11.3 Å². The minimum atomic E-state index is -0.469. The Labute approximate surface area is 110 Å². The first-order valence-corrected chi connectivity index (χ1v) is 6.67. The van der Waals surface area contributed by atoms with Gasteiger partial charge >= 0.3 is 5.97 Å². The molecular weight excluding hydrogens is 252 g/mol. The number of carbonyl (C=O) groups excluding carboxylic acids is 2. The van der Waals surface area contributed by atoms with Gasteiger partial charge in [-0.2, -0.15) is 0 Å². The molecule has 0 saturated carbocycles. The molecule has 5 nitrogen and oxygen atoms in total. The van der Waals surface area contributed by atoms with Gasteiger partial charge in [-0.25, -0.2) is 4.79 Å². The van der Waals surface area contributed by atoms with Gasteiger partial charge in [0.2, 0.25) is 5.91 Å². The van der Waals surface area contributed by atoms with E-state index in [1.54, 1.807) is 4.90 Å². The van der Waals surface area contributed by atoms with Crippen molar-refractivity contribution >= 4 is 28.9 Å². The van der Waals surface area contributed by atoms with E-state index in [-0.39, 0.29) is 5.91 Å². The molecule has 6 heteroatoms. The van der Waals surface area contributed by atoms with Gasteiger partial charge in [0.15, 0.2) is 0 Å². The second kappa shape index (κ2) is 5.07. The van der Waals surface area contributed by atoms with Crippen molar-refractivity contribution in [3.63, 3.8) is 0 Å². The summed E-state index contributed by atoms with van der Waals surface area (Å²) in [5, 5.41) is 1.86. The molecule has 1 aliphatic rings. The molecule has 18 heavy (non-hydrogen) atoms. The van der Waals surface area contributed by atoms with Gasteiger partial charge in [-0.05, 0) is 30.7 Å². The summed E-state index contributed by atoms with van der Waals surface area (Å²) in [4.78, 5) is 25.9. The van der Waals surface area contributed by atoms with Crippen LogP contribution in [-0.2, 0) is 9.53 Å². The average Bonchev–Trinajstić information content (AvgIpc) is 2.74. The molecule has 1 fully saturated rings. The third-order valence-electron chi connectivity index (χ3n) is 3.06. The molecule has 1 aromatic rings. The summed E-state index contributed by atoms with van der Waals surface area (Å²) in [5.41, 5.74) is 7.34. The molecule has 1 amide bonds. The van der Waals surface area contributed by atoms with Crippen molar-refractivity contribution in [3.05, 3.63) is 15.8 Å². The number of ether oxygens (including phenoxy) is 1. The van der Waals surface area contributed by atoms with Crippen molar-refractivity contribution in [2.75, 3.05) is 18.6 Å². The lowest BCUT2D eigenvalue weighted by atomic mass is 10.0. The number of hydrogen-bond donors (Lipinski definition) is 1. The van der Waals surface area contributed by atoms with Crippen LogP contribution < -0.4 is 10.6 Å². The zero-order chi connectivity index (χ0) is 13.3. The van der Waals surface area contributed by atoms with Gasteiger partial charge in [0.25, 0.3) is 0 Å². The number of nitrogens with two attached hydrogens (primary N) is 1. The number of rotatable bonds is 2. The number of methoxy groups -OCH3 is 1. The Bertz CT molecular complexity index is 484. The summed E-state index contributed by atoms with van der Waals surface area (Å²) >= 11 is 1.30. The smallest absolute Gasteiger partial charge is 0.350 e. The zero-order valence-corrected chi connectivity index (χ0v) is 11.3. The van der Waals surface area contributed by atoms with Crippen LogP contribution in [0.4, 0.5) is 5.69 Å². The highest BCUT2D eigenvalue weighted by Crippen LogP contribution is 2.33. The number of anilines is 1. The van der Waals surface area contributed by atoms with E-state index in [9.17, 15) is 9.59 Å². The van der Waals surface area contributed by atoms with E-state index in [2.05, 4.69) is 0 Å². The summed E-state index contributed by atoms with van der Waals surface area (Å²) in [6.45, 7) is 2.49. The van der Waals surface area contributed by atoms with Crippen LogP contribution in [-0.4, -0.2) is 31.6 Å². The van der Waals surface area contributed by atoms with Crippen LogP contribution in [0.5, 0.6) is 0 Å². The number of carbonyl (C=O) groups is 2. The fourth-order valence-corrected chi connectivity index (χ4v) is 3.10. The van der Waals surface area contributed by atoms with Gasteiger partial charge in [-0.15, -0.1) is 11.3 Å². The highest BCUT2D eigenvalue weighted by Gasteiger charge is 2.31. The molecule has 1 atom stereocenters. The molecule has 0 aliphatic carbocycles. The van der Waals surface area contributed by atoms with Gasteiger partial charge in [-0.3, -0.25) is 4.79 Å². The number of esters is 1. The Kier molecular flexibility index (Phi) is 3.68. The summed E-state index contributed by atoms with van der Waals surface area (Å²) in [5.74, 6) is -0.525. The maximum absolute atomic E-state index is 12.1. The Balaban J connectivity index is 2.40. The fourth-order valence-electron chi connectivity index (χ4n) is 2.14. The van der Waals surface area contributed by atoms with Crippen molar-refractivity contribution in [1.29, 1.82) is 0 Å². The molecule has 1 aliphatic heterocycles. The standard InChI is InChI=1S/C12H16N2O3S/c1-7-6-18-10(12(16)17-2)9(7)14-5-3-4-8(13)11(14)15/h6,8H,3-5,13H2,1-2H3. The van der Waals surface area contributed by atoms with E-state index < -0.39 is 12.0 Å². The van der Waals surface area contributed by atoms with Crippen LogP contribution in [0.25, 0.3) is 0 Å². The predicted octanol–water partition coefficient (Wildman–Crippen LogP) is 1.30. The third-order valence-corrected chi connectivity index (χ3v) is 4.13. The molecule has 98 valence electrons. The molecule has 0 aromatic carbocycles. The monoisotopic (exact) mass is 268 g/mol. The Morgan fingerprint density at radius 3 is 3.00 bits per heavy atom. The maximum atomic E-state index is 12.1. The Morgan fingerprint density at radius 2 is 2.33 bits per heavy atom. The Hall–Kier alpha value is -1.40. The van der Waals surface area contributed by atoms with Crippen LogP contribution in [0.1, 0.15) is 28.1 Å². The van der Waals surface area contributed by atoms with Gasteiger partial charge in [0.05, 0.1) is 18.8 Å². The van der Waals surface area contributed by atoms with Crippen molar-refractivity contribution in [3.8, 4) is 0 Å². The number of aryl methyl sites for hydroxylation is 1. The second-order valence-electron chi connectivity index (χ2n) is 4.33. The SMILES string of the molecule is COC(=O)c1scc(C)c1N1CCCC(N)C1=O. The molecule has 1 saturated heterocycles. The fraction of sp³-hybridized carbons (Fsp3) is 0.500. The topological polar surface area (TPSA) is 72.6 Å². The number of thiophene rings is 1. The first kappa shape index (κ1) is 13.0. The van der Waals surface area contributed by atoms with Gasteiger partial charge in [0, 0.05) is 6.54 Å². The third kappa shape index (κ3) is 2.13. The van der Waals surface area contributed by atoms with Crippen LogP contribution in [0.15, 0.2) is 5.38 Å². The number of piperidine rings is 1. The molecule has 0 spiro atoms. The van der Waals surface area contributed by atoms with E-state index in [1.807, 2.05) is 12.3 Å². The highest BCUT2D eigenvalue weighted by molar-refractivity contribution is 7.12. The lowest BCUT2D eigenvalue weighted by molar-refractivity contribution is -0.120. The Morgan fingerprint density at radius 1 is 1.61 bits per heavy atom. The molecule has 0 radical (unpaired) electrons. The molecule has 1 aromatic heterocycles. The van der Waals surface area contributed by atoms with Crippen LogP contribution in [0.3, 0.4) is 0 Å². The lowest BCUT2D eigenvalue weighted by Gasteiger charge is -2.31. The minimum absolute atomic E-state index is 0.118. The molecule has 0 bridgehead atoms. The van der Waals surface area contributed by atoms with Crippen LogP contribution in [0, 0.1) is 6.92 Å². The van der Waals surface area contributed by atoms with E-state index in [0.717, 1.165) is 12.0 Å². The normalized spacial score (nSPS) is 20.1. The minimum Gasteiger partial charge on any atom is -0.465 e. The first-order chi connectivity index (χ1) is 8.56. The molecule has 2 rings (SSSR count). The predicted molar refractivity (Wildman–Crippen MR) is 70.0 cm³/mol. The van der Waals surface area contributed by atoms with Crippen molar-refractivity contribution in [2.24, 2.45) is 5.73 Å². The largest absolute Gasteiger partial charge is 0.465 e.